The Labute approximate surface area is 43.6 Å². The molecule has 0 fully saturated rings. The van der Waals surface area contributed by atoms with Crippen molar-refractivity contribution in [1.29, 1.82) is 5.41 Å². The van der Waals surface area contributed by atoms with E-state index >= 15 is 0 Å². The van der Waals surface area contributed by atoms with E-state index in [1.165, 1.54) is 0 Å². The van der Waals surface area contributed by atoms with Crippen molar-refractivity contribution in [2.45, 2.75) is 5.76 Å². The molecule has 0 aromatic heterocycles. The van der Waals surface area contributed by atoms with Crippen molar-refractivity contribution in [2.24, 2.45) is 5.73 Å². The van der Waals surface area contributed by atoms with Gasteiger partial charge in [-0.15, -0.1) is 0 Å². The van der Waals surface area contributed by atoms with Crippen molar-refractivity contribution in [3.63, 3.8) is 0 Å². The van der Waals surface area contributed by atoms with Crippen LogP contribution in [0, 0.1) is 5.41 Å². The lowest BCUT2D eigenvalue weighted by atomic mass is 11.4. The summed E-state index contributed by atoms with van der Waals surface area (Å²) in [5.41, 5.74) is 4.56. The van der Waals surface area contributed by atoms with E-state index < -0.39 is 10.9 Å². The summed E-state index contributed by atoms with van der Waals surface area (Å²) < 4.78 is 22.1. The number of hydrogen-bond acceptors (Lipinski definition) is 2. The fourth-order valence-electron chi connectivity index (χ4n) is 0.0960. The highest BCUT2D eigenvalue weighted by Crippen LogP contribution is 2.10. The van der Waals surface area contributed by atoms with Crippen LogP contribution in [0.1, 0.15) is 0 Å². The third kappa shape index (κ3) is 5.68. The van der Waals surface area contributed by atoms with Crippen LogP contribution in [0.2, 0.25) is 0 Å². The van der Waals surface area contributed by atoms with E-state index in [1.807, 2.05) is 0 Å². The number of nitrogens with two attached hydrogens (primary N) is 1. The van der Waals surface area contributed by atoms with Gasteiger partial charge in [0.1, 0.15) is 0 Å². The molecule has 0 saturated carbocycles. The second kappa shape index (κ2) is 2.79. The Balaban J connectivity index is 3.13. The molecule has 0 aliphatic heterocycles. The molecule has 0 unspecified atom stereocenters. The molecule has 3 N–H and O–H groups in total. The first-order valence-electron chi connectivity index (χ1n) is 1.41. The molecule has 0 aromatic rings. The number of alkyl halides is 2. The largest absolute Gasteiger partial charge is 0.379 e. The van der Waals surface area contributed by atoms with Crippen molar-refractivity contribution in [2.75, 3.05) is 0 Å². The zero-order valence-electron chi connectivity index (χ0n) is 3.32. The summed E-state index contributed by atoms with van der Waals surface area (Å²) in [7, 11) is 0. The Bertz CT molecular complexity index is 74.1. The van der Waals surface area contributed by atoms with E-state index in [2.05, 4.69) is 5.73 Å². The van der Waals surface area contributed by atoms with Crippen LogP contribution in [-0.2, 0) is 0 Å². The average molecular weight is 126 g/mol. The maximum Gasteiger partial charge on any atom is 0.291 e. The topological polar surface area (TPSA) is 49.9 Å². The Morgan fingerprint density at radius 3 is 2.14 bits per heavy atom. The average Bonchev–Trinajstić information content (AvgIpc) is 1.27. The van der Waals surface area contributed by atoms with Gasteiger partial charge in [-0.2, -0.15) is 8.78 Å². The van der Waals surface area contributed by atoms with Gasteiger partial charge in [-0.1, -0.05) is 0 Å². The minimum absolute atomic E-state index is 0.0370. The second-order valence-electron chi connectivity index (χ2n) is 0.743. The number of rotatable bonds is 1. The van der Waals surface area contributed by atoms with Crippen LogP contribution in [0.25, 0.3) is 0 Å². The molecule has 0 aliphatic carbocycles. The fraction of sp³-hybridized carbons (Fsp3) is 0.500. The normalized spacial score (nSPS) is 9.57. The Morgan fingerprint density at radius 1 is 1.71 bits per heavy atom. The lowest BCUT2D eigenvalue weighted by Crippen LogP contribution is -2.05. The quantitative estimate of drug-likeness (QED) is 0.404. The van der Waals surface area contributed by atoms with E-state index in [9.17, 15) is 8.78 Å². The highest BCUT2D eigenvalue weighted by molar-refractivity contribution is 8.13. The molecule has 7 heavy (non-hydrogen) atoms. The summed E-state index contributed by atoms with van der Waals surface area (Å²) in [6, 6.07) is 0. The third-order valence-corrected chi connectivity index (χ3v) is 0.648. The van der Waals surface area contributed by atoms with E-state index in [0.717, 1.165) is 0 Å². The van der Waals surface area contributed by atoms with Crippen LogP contribution in [-0.4, -0.2) is 10.9 Å². The third-order valence-electron chi connectivity index (χ3n) is 0.216. The molecule has 0 rings (SSSR count). The van der Waals surface area contributed by atoms with Gasteiger partial charge in [-0.05, 0) is 11.8 Å². The van der Waals surface area contributed by atoms with Gasteiger partial charge in [0.2, 0.25) is 0 Å². The molecule has 0 aromatic carbocycles. The maximum atomic E-state index is 11.0. The maximum absolute atomic E-state index is 11.0. The minimum Gasteiger partial charge on any atom is -0.379 e. The summed E-state index contributed by atoms with van der Waals surface area (Å²) in [6.45, 7) is 0. The first-order chi connectivity index (χ1) is 3.13. The predicted molar refractivity (Wildman–Crippen MR) is 25.5 cm³/mol. The minimum atomic E-state index is -2.56. The zero-order chi connectivity index (χ0) is 5.86. The van der Waals surface area contributed by atoms with Gasteiger partial charge in [0, 0.05) is 0 Å². The standard InChI is InChI=1S/C2H4F2N2S/c3-1(4)7-2(5)6/h1H,(H3,5,6). The number of hydrogen-bond donors (Lipinski definition) is 2. The Hall–Kier alpha value is -0.320. The molecule has 0 heterocycles. The van der Waals surface area contributed by atoms with Gasteiger partial charge in [-0.25, -0.2) is 0 Å². The fourth-order valence-corrected chi connectivity index (χ4v) is 0.288. The van der Waals surface area contributed by atoms with Gasteiger partial charge in [-0.3, -0.25) is 5.41 Å². The number of thioether (sulfide) groups is 1. The van der Waals surface area contributed by atoms with E-state index in [0.29, 0.717) is 0 Å². The molecular formula is C2H4F2N2S. The smallest absolute Gasteiger partial charge is 0.291 e. The number of amidine groups is 1. The Kier molecular flexibility index (Phi) is 2.66. The van der Waals surface area contributed by atoms with Gasteiger partial charge < -0.3 is 5.73 Å². The summed E-state index contributed by atoms with van der Waals surface area (Å²) in [5, 5.41) is 5.74. The SMILES string of the molecule is N=C(N)SC(F)F. The van der Waals surface area contributed by atoms with E-state index in [1.54, 1.807) is 0 Å². The predicted octanol–water partition coefficient (Wildman–Crippen LogP) is 0.836. The van der Waals surface area contributed by atoms with Crippen molar-refractivity contribution in [3.05, 3.63) is 0 Å². The van der Waals surface area contributed by atoms with Crippen LogP contribution in [0.15, 0.2) is 0 Å². The molecule has 0 spiro atoms. The lowest BCUT2D eigenvalue weighted by molar-refractivity contribution is 0.253. The molecule has 0 amide bonds. The molecule has 0 atom stereocenters. The van der Waals surface area contributed by atoms with Gasteiger partial charge in [0.05, 0.1) is 0 Å². The highest BCUT2D eigenvalue weighted by atomic mass is 32.2. The van der Waals surface area contributed by atoms with Gasteiger partial charge >= 0.3 is 0 Å². The summed E-state index contributed by atoms with van der Waals surface area (Å²) in [6.07, 6.45) is 0. The molecule has 42 valence electrons. The van der Waals surface area contributed by atoms with Crippen LogP contribution >= 0.6 is 11.8 Å². The lowest BCUT2D eigenvalue weighted by Gasteiger charge is -1.90. The molecule has 0 saturated heterocycles. The van der Waals surface area contributed by atoms with Crippen LogP contribution in [0.4, 0.5) is 8.78 Å². The molecule has 2 nitrogen and oxygen atoms in total. The molecule has 0 bridgehead atoms. The first-order valence-corrected chi connectivity index (χ1v) is 2.29. The molecular weight excluding hydrogens is 122 g/mol. The first kappa shape index (κ1) is 6.68. The Morgan fingerprint density at radius 2 is 2.14 bits per heavy atom. The van der Waals surface area contributed by atoms with Crippen LogP contribution < -0.4 is 5.73 Å². The zero-order valence-corrected chi connectivity index (χ0v) is 4.14. The summed E-state index contributed by atoms with van der Waals surface area (Å²) in [5.74, 6) is -2.56. The van der Waals surface area contributed by atoms with Crippen molar-refractivity contribution in [3.8, 4) is 0 Å². The van der Waals surface area contributed by atoms with Crippen molar-refractivity contribution < 1.29 is 8.78 Å². The summed E-state index contributed by atoms with van der Waals surface area (Å²) in [4.78, 5) is 0. The monoisotopic (exact) mass is 126 g/mol. The van der Waals surface area contributed by atoms with Crippen LogP contribution in [0.5, 0.6) is 0 Å². The molecule has 5 heteroatoms. The molecule has 0 aliphatic rings. The highest BCUT2D eigenvalue weighted by Gasteiger charge is 2.02. The van der Waals surface area contributed by atoms with Crippen molar-refractivity contribution >= 4 is 16.9 Å². The summed E-state index contributed by atoms with van der Waals surface area (Å²) >= 11 is 0.0370. The van der Waals surface area contributed by atoms with Gasteiger partial charge in [0.25, 0.3) is 5.76 Å². The van der Waals surface area contributed by atoms with E-state index in [-0.39, 0.29) is 11.8 Å². The van der Waals surface area contributed by atoms with Crippen LogP contribution in [0.3, 0.4) is 0 Å². The number of nitrogens with one attached hydrogen (secondary N) is 1. The van der Waals surface area contributed by atoms with Gasteiger partial charge in [0.15, 0.2) is 5.17 Å². The molecule has 0 radical (unpaired) electrons. The van der Waals surface area contributed by atoms with E-state index in [4.69, 9.17) is 5.41 Å². The number of halogens is 2. The second-order valence-corrected chi connectivity index (χ2v) is 1.77. The van der Waals surface area contributed by atoms with Crippen molar-refractivity contribution in [1.82, 2.24) is 0 Å².